The molecule has 35 heavy (non-hydrogen) atoms. The minimum atomic E-state index is -0.665. The Morgan fingerprint density at radius 2 is 1.80 bits per heavy atom. The van der Waals surface area contributed by atoms with Gasteiger partial charge in [0.2, 0.25) is 0 Å². The van der Waals surface area contributed by atoms with E-state index < -0.39 is 11.6 Å². The quantitative estimate of drug-likeness (QED) is 0.355. The Labute approximate surface area is 202 Å². The Bertz CT molecular complexity index is 1430. The molecule has 3 unspecified atom stereocenters. The van der Waals surface area contributed by atoms with Gasteiger partial charge in [-0.1, -0.05) is 0 Å². The van der Waals surface area contributed by atoms with Gasteiger partial charge in [-0.2, -0.15) is 5.10 Å². The van der Waals surface area contributed by atoms with Gasteiger partial charge in [-0.25, -0.2) is 23.7 Å². The van der Waals surface area contributed by atoms with Gasteiger partial charge in [0.05, 0.1) is 41.4 Å². The molecule has 0 N–H and O–H groups in total. The van der Waals surface area contributed by atoms with Crippen molar-refractivity contribution in [1.82, 2.24) is 24.7 Å². The molecular weight excluding hydrogens is 448 g/mol. The fourth-order valence-electron chi connectivity index (χ4n) is 4.99. The van der Waals surface area contributed by atoms with Gasteiger partial charge in [0.1, 0.15) is 22.8 Å². The van der Waals surface area contributed by atoms with Crippen LogP contribution in [0.15, 0.2) is 36.7 Å². The van der Waals surface area contributed by atoms with E-state index >= 15 is 0 Å². The Kier molecular flexibility index (Phi) is 5.36. The summed E-state index contributed by atoms with van der Waals surface area (Å²) in [6.07, 6.45) is 7.82. The smallest absolute Gasteiger partial charge is 0.135 e. The first-order valence-electron chi connectivity index (χ1n) is 12.2. The van der Waals surface area contributed by atoms with Crippen LogP contribution in [0.1, 0.15) is 73.3 Å². The fourth-order valence-corrected chi connectivity index (χ4v) is 4.99. The van der Waals surface area contributed by atoms with Crippen molar-refractivity contribution >= 4 is 11.0 Å². The van der Waals surface area contributed by atoms with E-state index in [4.69, 9.17) is 14.7 Å². The number of halogens is 2. The molecule has 0 amide bonds. The first kappa shape index (κ1) is 22.2. The number of pyridine rings is 1. The molecule has 6 nitrogen and oxygen atoms in total. The van der Waals surface area contributed by atoms with Gasteiger partial charge in [0.25, 0.3) is 0 Å². The van der Waals surface area contributed by atoms with Crippen LogP contribution < -0.4 is 0 Å². The lowest BCUT2D eigenvalue weighted by molar-refractivity contribution is -0.0506. The summed E-state index contributed by atoms with van der Waals surface area (Å²) in [5, 5.41) is 4.54. The number of hydrogen-bond acceptors (Lipinski definition) is 5. The molecule has 1 saturated carbocycles. The van der Waals surface area contributed by atoms with Crippen LogP contribution >= 0.6 is 0 Å². The normalized spacial score (nSPS) is 22.6. The zero-order valence-corrected chi connectivity index (χ0v) is 20.0. The maximum Gasteiger partial charge on any atom is 0.135 e. The van der Waals surface area contributed by atoms with E-state index in [2.05, 4.69) is 23.2 Å². The summed E-state index contributed by atoms with van der Waals surface area (Å²) in [5.74, 6) is -1.21. The first-order chi connectivity index (χ1) is 16.9. The molecule has 180 valence electrons. The van der Waals surface area contributed by atoms with Crippen molar-refractivity contribution in [3.05, 3.63) is 70.9 Å². The number of ether oxygens (including phenoxy) is 1. The first-order valence-corrected chi connectivity index (χ1v) is 12.2. The number of aryl methyl sites for hydroxylation is 2. The minimum absolute atomic E-state index is 0.0253. The van der Waals surface area contributed by atoms with Gasteiger partial charge < -0.3 is 4.74 Å². The van der Waals surface area contributed by atoms with Gasteiger partial charge in [-0.3, -0.25) is 4.68 Å². The molecule has 1 saturated heterocycles. The molecule has 1 aromatic carbocycles. The Morgan fingerprint density at radius 3 is 2.57 bits per heavy atom. The summed E-state index contributed by atoms with van der Waals surface area (Å²) in [6, 6.07) is 6.04. The molecule has 2 aliphatic rings. The third kappa shape index (κ3) is 4.20. The van der Waals surface area contributed by atoms with Crippen molar-refractivity contribution in [2.75, 3.05) is 0 Å². The third-order valence-electron chi connectivity index (χ3n) is 7.11. The zero-order chi connectivity index (χ0) is 24.3. The SMILES string of the molecule is Cc1nc2cc(C3CC(C)OC(c4cnn(C5CC5)c4)C3)nc(-c3ccc(F)cc3F)c2nc1C. The van der Waals surface area contributed by atoms with Crippen molar-refractivity contribution in [3.63, 3.8) is 0 Å². The second-order valence-electron chi connectivity index (χ2n) is 9.87. The molecule has 1 aliphatic heterocycles. The van der Waals surface area contributed by atoms with Crippen LogP contribution in [0.2, 0.25) is 0 Å². The Balaban J connectivity index is 1.43. The zero-order valence-electron chi connectivity index (χ0n) is 20.0. The number of rotatable bonds is 4. The summed E-state index contributed by atoms with van der Waals surface area (Å²) in [4.78, 5) is 14.3. The Morgan fingerprint density at radius 1 is 1.00 bits per heavy atom. The van der Waals surface area contributed by atoms with E-state index in [1.807, 2.05) is 30.8 Å². The highest BCUT2D eigenvalue weighted by atomic mass is 19.1. The molecule has 4 aromatic rings. The highest BCUT2D eigenvalue weighted by Crippen LogP contribution is 2.42. The van der Waals surface area contributed by atoms with Crippen molar-refractivity contribution in [1.29, 1.82) is 0 Å². The molecule has 1 aliphatic carbocycles. The van der Waals surface area contributed by atoms with Crippen LogP contribution in [-0.4, -0.2) is 30.8 Å². The van der Waals surface area contributed by atoms with Crippen molar-refractivity contribution in [2.45, 2.75) is 70.6 Å². The molecule has 3 atom stereocenters. The van der Waals surface area contributed by atoms with E-state index in [0.29, 0.717) is 22.8 Å². The van der Waals surface area contributed by atoms with Crippen LogP contribution in [0, 0.1) is 25.5 Å². The van der Waals surface area contributed by atoms with E-state index in [9.17, 15) is 8.78 Å². The number of fused-ring (bicyclic) bond motifs is 1. The highest BCUT2D eigenvalue weighted by molar-refractivity contribution is 5.89. The summed E-state index contributed by atoms with van der Waals surface area (Å²) in [7, 11) is 0. The second-order valence-corrected chi connectivity index (χ2v) is 9.87. The molecule has 4 heterocycles. The lowest BCUT2D eigenvalue weighted by Crippen LogP contribution is -2.25. The molecule has 3 aromatic heterocycles. The van der Waals surface area contributed by atoms with Gasteiger partial charge in [-0.05, 0) is 64.7 Å². The number of nitrogens with zero attached hydrogens (tertiary/aromatic N) is 5. The summed E-state index contributed by atoms with van der Waals surface area (Å²) in [5.41, 5.74) is 5.25. The molecule has 6 rings (SSSR count). The molecule has 8 heteroatoms. The molecule has 0 radical (unpaired) electrons. The fraction of sp³-hybridized carbons (Fsp3) is 0.407. The third-order valence-corrected chi connectivity index (χ3v) is 7.11. The largest absolute Gasteiger partial charge is 0.370 e. The minimum Gasteiger partial charge on any atom is -0.370 e. The Hall–Kier alpha value is -3.26. The number of aromatic nitrogens is 5. The summed E-state index contributed by atoms with van der Waals surface area (Å²) < 4.78 is 36.9. The monoisotopic (exact) mass is 475 g/mol. The average Bonchev–Trinajstić information content (AvgIpc) is 3.55. The van der Waals surface area contributed by atoms with Gasteiger partial charge >= 0.3 is 0 Å². The standard InChI is InChI=1S/C27H27F2N5O/c1-14-8-17(9-25(35-14)18-12-30-34(13-18)20-5-6-20)23-11-24-27(32-16(3)15(2)31-24)26(33-23)21-7-4-19(28)10-22(21)29/h4,7,10-14,17,20,25H,5-6,8-9H2,1-3H3. The van der Waals surface area contributed by atoms with E-state index in [1.54, 1.807) is 0 Å². The van der Waals surface area contributed by atoms with Crippen LogP contribution in [0.4, 0.5) is 8.78 Å². The van der Waals surface area contributed by atoms with E-state index in [1.165, 1.54) is 25.0 Å². The van der Waals surface area contributed by atoms with Crippen LogP contribution in [0.5, 0.6) is 0 Å². The van der Waals surface area contributed by atoms with Gasteiger partial charge in [0, 0.05) is 35.0 Å². The average molecular weight is 476 g/mol. The second kappa shape index (κ2) is 8.45. The van der Waals surface area contributed by atoms with Crippen molar-refractivity contribution in [2.24, 2.45) is 0 Å². The highest BCUT2D eigenvalue weighted by Gasteiger charge is 2.33. The van der Waals surface area contributed by atoms with E-state index in [0.717, 1.165) is 41.6 Å². The maximum atomic E-state index is 14.9. The molecular formula is C27H27F2N5O. The summed E-state index contributed by atoms with van der Waals surface area (Å²) >= 11 is 0. The predicted octanol–water partition coefficient (Wildman–Crippen LogP) is 6.14. The molecule has 0 spiro atoms. The summed E-state index contributed by atoms with van der Waals surface area (Å²) in [6.45, 7) is 5.84. The lowest BCUT2D eigenvalue weighted by Gasteiger charge is -2.33. The van der Waals surface area contributed by atoms with Gasteiger partial charge in [0.15, 0.2) is 0 Å². The van der Waals surface area contributed by atoms with E-state index in [-0.39, 0.29) is 23.7 Å². The number of hydrogen-bond donors (Lipinski definition) is 0. The van der Waals surface area contributed by atoms with Crippen molar-refractivity contribution < 1.29 is 13.5 Å². The van der Waals surface area contributed by atoms with Crippen LogP contribution in [-0.2, 0) is 4.74 Å². The maximum absolute atomic E-state index is 14.9. The topological polar surface area (TPSA) is 65.7 Å². The number of benzene rings is 1. The van der Waals surface area contributed by atoms with Gasteiger partial charge in [-0.15, -0.1) is 0 Å². The van der Waals surface area contributed by atoms with Crippen LogP contribution in [0.25, 0.3) is 22.3 Å². The van der Waals surface area contributed by atoms with Crippen molar-refractivity contribution in [3.8, 4) is 11.3 Å². The van der Waals surface area contributed by atoms with Crippen LogP contribution in [0.3, 0.4) is 0 Å². The lowest BCUT2D eigenvalue weighted by atomic mass is 9.87. The molecule has 2 fully saturated rings. The predicted molar refractivity (Wildman–Crippen MR) is 128 cm³/mol. The molecule has 0 bridgehead atoms.